The molecule has 23 heavy (non-hydrogen) atoms. The van der Waals surface area contributed by atoms with Crippen LogP contribution in [0, 0.1) is 13.8 Å². The molecular weight excluding hydrogens is 337 g/mol. The summed E-state index contributed by atoms with van der Waals surface area (Å²) < 4.78 is 34.7. The largest absolute Gasteiger partial charge is 0.332 e. The molecule has 0 fully saturated rings. The van der Waals surface area contributed by atoms with Crippen LogP contribution in [0.4, 0.5) is 3.89 Å². The third-order valence-electron chi connectivity index (χ3n) is 3.63. The first-order valence-electron chi connectivity index (χ1n) is 6.88. The zero-order chi connectivity index (χ0) is 16.8. The predicted molar refractivity (Wildman–Crippen MR) is 90.0 cm³/mol. The predicted octanol–water partition coefficient (Wildman–Crippen LogP) is 4.83. The molecule has 6 heteroatoms. The molecule has 0 N–H and O–H groups in total. The first kappa shape index (κ1) is 15.9. The van der Waals surface area contributed by atoms with Crippen LogP contribution in [0.2, 0.25) is 5.02 Å². The summed E-state index contributed by atoms with van der Waals surface area (Å²) in [6.45, 7) is 3.96. The van der Waals surface area contributed by atoms with Gasteiger partial charge in [-0.2, -0.15) is 8.42 Å². The molecule has 0 aliphatic carbocycles. The fourth-order valence-electron chi connectivity index (χ4n) is 2.63. The second-order valence-corrected chi connectivity index (χ2v) is 7.18. The summed E-state index contributed by atoms with van der Waals surface area (Å²) in [5, 5.41) is 1.47. The zero-order valence-electron chi connectivity index (χ0n) is 12.5. The fourth-order valence-corrected chi connectivity index (χ4v) is 3.44. The number of nitrogens with zero attached hydrogens (tertiary/aromatic N) is 1. The fraction of sp³-hybridized carbons (Fsp3) is 0.118. The van der Waals surface area contributed by atoms with E-state index in [1.54, 1.807) is 6.07 Å². The summed E-state index contributed by atoms with van der Waals surface area (Å²) in [7, 11) is -4.70. The molecule has 3 nitrogen and oxygen atoms in total. The Kier molecular flexibility index (Phi) is 3.86. The van der Waals surface area contributed by atoms with Crippen molar-refractivity contribution in [3.05, 3.63) is 58.6 Å². The normalized spacial score (nSPS) is 11.8. The smallest absolute Gasteiger partial charge is 0.248 e. The SMILES string of the molecule is Cc1cc(C)c2c(Cl)cc(-c3ccc(S(=O)(=O)F)cc3)nc2c1. The van der Waals surface area contributed by atoms with Gasteiger partial charge in [-0.05, 0) is 49.2 Å². The third-order valence-corrected chi connectivity index (χ3v) is 4.77. The maximum atomic E-state index is 13.0. The van der Waals surface area contributed by atoms with Crippen LogP contribution in [0.25, 0.3) is 22.2 Å². The molecule has 0 aliphatic heterocycles. The Labute approximate surface area is 139 Å². The first-order chi connectivity index (χ1) is 10.8. The molecule has 0 bridgehead atoms. The Morgan fingerprint density at radius 1 is 1.04 bits per heavy atom. The third kappa shape index (κ3) is 3.07. The van der Waals surface area contributed by atoms with E-state index in [2.05, 4.69) is 4.98 Å². The second-order valence-electron chi connectivity index (χ2n) is 5.43. The highest BCUT2D eigenvalue weighted by molar-refractivity contribution is 7.86. The molecule has 0 saturated carbocycles. The van der Waals surface area contributed by atoms with Crippen LogP contribution < -0.4 is 0 Å². The minimum Gasteiger partial charge on any atom is -0.248 e. The number of hydrogen-bond acceptors (Lipinski definition) is 3. The van der Waals surface area contributed by atoms with Gasteiger partial charge in [0, 0.05) is 10.9 Å². The summed E-state index contributed by atoms with van der Waals surface area (Å²) in [5.74, 6) is 0. The van der Waals surface area contributed by atoms with Gasteiger partial charge in [-0.1, -0.05) is 29.8 Å². The molecule has 0 unspecified atom stereocenters. The van der Waals surface area contributed by atoms with Crippen molar-refractivity contribution in [1.82, 2.24) is 4.98 Å². The van der Waals surface area contributed by atoms with E-state index in [9.17, 15) is 12.3 Å². The van der Waals surface area contributed by atoms with E-state index in [0.29, 0.717) is 16.3 Å². The number of hydrogen-bond donors (Lipinski definition) is 0. The number of fused-ring (bicyclic) bond motifs is 1. The van der Waals surface area contributed by atoms with Gasteiger partial charge in [0.15, 0.2) is 0 Å². The molecular formula is C17H13ClFNO2S. The van der Waals surface area contributed by atoms with Gasteiger partial charge in [0.1, 0.15) is 0 Å². The summed E-state index contributed by atoms with van der Waals surface area (Å²) >= 11 is 6.38. The van der Waals surface area contributed by atoms with E-state index in [1.165, 1.54) is 24.3 Å². The van der Waals surface area contributed by atoms with Crippen molar-refractivity contribution < 1.29 is 12.3 Å². The zero-order valence-corrected chi connectivity index (χ0v) is 14.0. The van der Waals surface area contributed by atoms with Gasteiger partial charge in [0.25, 0.3) is 0 Å². The lowest BCUT2D eigenvalue weighted by Crippen LogP contribution is -1.93. The average molecular weight is 350 g/mol. The quantitative estimate of drug-likeness (QED) is 0.622. The number of aromatic nitrogens is 1. The molecule has 3 rings (SSSR count). The molecule has 0 atom stereocenters. The number of pyridine rings is 1. The Bertz CT molecular complexity index is 1010. The molecule has 118 valence electrons. The van der Waals surface area contributed by atoms with Gasteiger partial charge >= 0.3 is 10.2 Å². The lowest BCUT2D eigenvalue weighted by molar-refractivity contribution is 0.552. The molecule has 1 aromatic heterocycles. The van der Waals surface area contributed by atoms with Crippen molar-refractivity contribution in [2.24, 2.45) is 0 Å². The summed E-state index contributed by atoms with van der Waals surface area (Å²) in [5.41, 5.74) is 4.17. The van der Waals surface area contributed by atoms with Gasteiger partial charge in [-0.3, -0.25) is 0 Å². The van der Waals surface area contributed by atoms with Crippen LogP contribution >= 0.6 is 11.6 Å². The van der Waals surface area contributed by atoms with E-state index in [4.69, 9.17) is 11.6 Å². The molecule has 0 amide bonds. The number of rotatable bonds is 2. The monoisotopic (exact) mass is 349 g/mol. The van der Waals surface area contributed by atoms with Crippen molar-refractivity contribution in [1.29, 1.82) is 0 Å². The van der Waals surface area contributed by atoms with Gasteiger partial charge < -0.3 is 0 Å². The Morgan fingerprint density at radius 3 is 2.30 bits per heavy atom. The molecule has 1 heterocycles. The van der Waals surface area contributed by atoms with Crippen molar-refractivity contribution >= 4 is 32.7 Å². The van der Waals surface area contributed by atoms with Crippen LogP contribution in [0.5, 0.6) is 0 Å². The summed E-state index contributed by atoms with van der Waals surface area (Å²) in [6, 6.07) is 11.2. The van der Waals surface area contributed by atoms with Crippen LogP contribution in [-0.2, 0) is 10.2 Å². The Hall–Kier alpha value is -1.98. The molecule has 0 spiro atoms. The topological polar surface area (TPSA) is 47.0 Å². The average Bonchev–Trinajstić information content (AvgIpc) is 2.45. The van der Waals surface area contributed by atoms with Crippen LogP contribution in [0.15, 0.2) is 47.4 Å². The highest BCUT2D eigenvalue weighted by atomic mass is 35.5. The van der Waals surface area contributed by atoms with E-state index < -0.39 is 10.2 Å². The Morgan fingerprint density at radius 2 is 1.70 bits per heavy atom. The molecule has 2 aromatic carbocycles. The van der Waals surface area contributed by atoms with E-state index in [1.807, 2.05) is 26.0 Å². The minimum absolute atomic E-state index is 0.375. The van der Waals surface area contributed by atoms with E-state index >= 15 is 0 Å². The number of aryl methyl sites for hydroxylation is 2. The van der Waals surface area contributed by atoms with Gasteiger partial charge in [0.05, 0.1) is 21.1 Å². The lowest BCUT2D eigenvalue weighted by Gasteiger charge is -2.09. The highest BCUT2D eigenvalue weighted by Gasteiger charge is 2.13. The Balaban J connectivity index is 2.17. The summed E-state index contributed by atoms with van der Waals surface area (Å²) in [4.78, 5) is 4.22. The first-order valence-corrected chi connectivity index (χ1v) is 8.64. The second kappa shape index (κ2) is 5.58. The van der Waals surface area contributed by atoms with Gasteiger partial charge in [0.2, 0.25) is 0 Å². The van der Waals surface area contributed by atoms with Crippen molar-refractivity contribution in [3.8, 4) is 11.3 Å². The molecule has 0 aliphatic rings. The number of halogens is 2. The van der Waals surface area contributed by atoms with Crippen molar-refractivity contribution in [3.63, 3.8) is 0 Å². The number of benzene rings is 2. The molecule has 0 radical (unpaired) electrons. The van der Waals surface area contributed by atoms with Crippen LogP contribution in [0.3, 0.4) is 0 Å². The van der Waals surface area contributed by atoms with Crippen LogP contribution in [0.1, 0.15) is 11.1 Å². The maximum Gasteiger partial charge on any atom is 0.332 e. The maximum absolute atomic E-state index is 13.0. The van der Waals surface area contributed by atoms with Crippen LogP contribution in [-0.4, -0.2) is 13.4 Å². The van der Waals surface area contributed by atoms with E-state index in [0.717, 1.165) is 22.0 Å². The highest BCUT2D eigenvalue weighted by Crippen LogP contribution is 2.31. The summed E-state index contributed by atoms with van der Waals surface area (Å²) in [6.07, 6.45) is 0. The van der Waals surface area contributed by atoms with Gasteiger partial charge in [-0.15, -0.1) is 3.89 Å². The molecule has 3 aromatic rings. The van der Waals surface area contributed by atoms with E-state index in [-0.39, 0.29) is 4.90 Å². The lowest BCUT2D eigenvalue weighted by atomic mass is 10.0. The van der Waals surface area contributed by atoms with Crippen molar-refractivity contribution in [2.75, 3.05) is 0 Å². The standard InChI is InChI=1S/C17H13ClFNO2S/c1-10-7-11(2)17-14(18)9-15(20-16(17)8-10)12-3-5-13(6-4-12)23(19,21)22/h3-9H,1-2H3. The van der Waals surface area contributed by atoms with Crippen molar-refractivity contribution in [2.45, 2.75) is 18.7 Å². The molecule has 0 saturated heterocycles. The minimum atomic E-state index is -4.70. The van der Waals surface area contributed by atoms with Gasteiger partial charge in [-0.25, -0.2) is 4.98 Å².